The van der Waals surface area contributed by atoms with Crippen LogP contribution in [-0.4, -0.2) is 6.29 Å². The van der Waals surface area contributed by atoms with Crippen molar-refractivity contribution >= 4 is 6.29 Å². The second-order valence-electron chi connectivity index (χ2n) is 5.83. The average molecular weight is 254 g/mol. The van der Waals surface area contributed by atoms with Gasteiger partial charge in [-0.1, -0.05) is 90.9 Å². The molecule has 0 radical (unpaired) electrons. The Morgan fingerprint density at radius 1 is 0.778 bits per heavy atom. The van der Waals surface area contributed by atoms with Gasteiger partial charge in [-0.15, -0.1) is 0 Å². The normalized spacial score (nSPS) is 12.6. The summed E-state index contributed by atoms with van der Waals surface area (Å²) in [5.74, 6) is 0.598. The fourth-order valence-corrected chi connectivity index (χ4v) is 2.44. The zero-order chi connectivity index (χ0) is 13.5. The van der Waals surface area contributed by atoms with E-state index in [1.165, 1.54) is 77.0 Å². The molecule has 0 saturated carbocycles. The van der Waals surface area contributed by atoms with Gasteiger partial charge in [0.2, 0.25) is 0 Å². The largest absolute Gasteiger partial charge is 0.303 e. The monoisotopic (exact) mass is 254 g/mol. The van der Waals surface area contributed by atoms with Gasteiger partial charge < -0.3 is 4.79 Å². The number of carbonyl (C=O) groups excluding carboxylic acids is 1. The SMILES string of the molecule is CCCCCCCCCCCCCC(C)CC=O. The van der Waals surface area contributed by atoms with E-state index in [0.29, 0.717) is 5.92 Å². The van der Waals surface area contributed by atoms with Gasteiger partial charge in [0, 0.05) is 6.42 Å². The highest BCUT2D eigenvalue weighted by Crippen LogP contribution is 2.15. The predicted molar refractivity (Wildman–Crippen MR) is 80.9 cm³/mol. The summed E-state index contributed by atoms with van der Waals surface area (Å²) in [6.45, 7) is 4.46. The molecule has 108 valence electrons. The molecule has 1 nitrogen and oxygen atoms in total. The number of hydrogen-bond donors (Lipinski definition) is 0. The van der Waals surface area contributed by atoms with Crippen LogP contribution in [0.3, 0.4) is 0 Å². The van der Waals surface area contributed by atoms with Crippen LogP contribution in [0.5, 0.6) is 0 Å². The topological polar surface area (TPSA) is 17.1 Å². The highest BCUT2D eigenvalue weighted by molar-refractivity contribution is 5.49. The maximum atomic E-state index is 10.3. The van der Waals surface area contributed by atoms with Crippen LogP contribution in [0.25, 0.3) is 0 Å². The summed E-state index contributed by atoms with van der Waals surface area (Å²) >= 11 is 0. The van der Waals surface area contributed by atoms with Crippen molar-refractivity contribution in [2.75, 3.05) is 0 Å². The van der Waals surface area contributed by atoms with E-state index in [1.54, 1.807) is 0 Å². The van der Waals surface area contributed by atoms with Gasteiger partial charge in [0.1, 0.15) is 6.29 Å². The molecule has 0 bridgehead atoms. The summed E-state index contributed by atoms with van der Waals surface area (Å²) in [4.78, 5) is 10.3. The fraction of sp³-hybridized carbons (Fsp3) is 0.941. The van der Waals surface area contributed by atoms with E-state index >= 15 is 0 Å². The van der Waals surface area contributed by atoms with Crippen molar-refractivity contribution in [3.8, 4) is 0 Å². The second-order valence-corrected chi connectivity index (χ2v) is 5.83. The molecule has 0 amide bonds. The van der Waals surface area contributed by atoms with Gasteiger partial charge in [-0.25, -0.2) is 0 Å². The van der Waals surface area contributed by atoms with Crippen molar-refractivity contribution in [3.63, 3.8) is 0 Å². The first-order chi connectivity index (χ1) is 8.81. The molecule has 0 aliphatic heterocycles. The standard InChI is InChI=1S/C17H34O/c1-3-4-5-6-7-8-9-10-11-12-13-14-17(2)15-16-18/h16-17H,3-15H2,1-2H3. The van der Waals surface area contributed by atoms with Crippen LogP contribution in [0.4, 0.5) is 0 Å². The Morgan fingerprint density at radius 2 is 1.22 bits per heavy atom. The average Bonchev–Trinajstić information content (AvgIpc) is 2.36. The van der Waals surface area contributed by atoms with Gasteiger partial charge in [-0.2, -0.15) is 0 Å². The van der Waals surface area contributed by atoms with Crippen molar-refractivity contribution in [3.05, 3.63) is 0 Å². The Labute approximate surface area is 115 Å². The van der Waals surface area contributed by atoms with Crippen LogP contribution >= 0.6 is 0 Å². The number of aldehydes is 1. The Morgan fingerprint density at radius 3 is 1.67 bits per heavy atom. The Kier molecular flexibility index (Phi) is 14.5. The maximum absolute atomic E-state index is 10.3. The molecule has 0 heterocycles. The molecule has 0 spiro atoms. The van der Waals surface area contributed by atoms with Crippen molar-refractivity contribution in [1.29, 1.82) is 0 Å². The maximum Gasteiger partial charge on any atom is 0.120 e. The molecule has 0 aliphatic carbocycles. The molecule has 1 heteroatoms. The lowest BCUT2D eigenvalue weighted by Crippen LogP contribution is -1.95. The molecule has 0 aromatic heterocycles. The first-order valence-corrected chi connectivity index (χ1v) is 8.24. The van der Waals surface area contributed by atoms with E-state index in [4.69, 9.17) is 0 Å². The lowest BCUT2D eigenvalue weighted by Gasteiger charge is -2.06. The van der Waals surface area contributed by atoms with Crippen LogP contribution in [0.1, 0.15) is 97.3 Å². The Bertz CT molecular complexity index is 165. The summed E-state index contributed by atoms with van der Waals surface area (Å²) in [5, 5.41) is 0. The van der Waals surface area contributed by atoms with Gasteiger partial charge in [0.15, 0.2) is 0 Å². The van der Waals surface area contributed by atoms with Gasteiger partial charge in [-0.3, -0.25) is 0 Å². The van der Waals surface area contributed by atoms with Crippen LogP contribution in [0, 0.1) is 5.92 Å². The zero-order valence-corrected chi connectivity index (χ0v) is 12.8. The first kappa shape index (κ1) is 17.7. The minimum atomic E-state index is 0.598. The smallest absolute Gasteiger partial charge is 0.120 e. The summed E-state index contributed by atoms with van der Waals surface area (Å²) in [6, 6.07) is 0. The lowest BCUT2D eigenvalue weighted by molar-refractivity contribution is -0.108. The molecule has 1 unspecified atom stereocenters. The molecule has 0 aromatic carbocycles. The fourth-order valence-electron chi connectivity index (χ4n) is 2.44. The number of unbranched alkanes of at least 4 members (excludes halogenated alkanes) is 10. The molecular formula is C17H34O. The second kappa shape index (κ2) is 14.7. The van der Waals surface area contributed by atoms with Gasteiger partial charge in [-0.05, 0) is 5.92 Å². The Hall–Kier alpha value is -0.330. The van der Waals surface area contributed by atoms with Crippen LogP contribution in [-0.2, 0) is 4.79 Å². The molecule has 0 aliphatic rings. The van der Waals surface area contributed by atoms with Crippen molar-refractivity contribution in [1.82, 2.24) is 0 Å². The van der Waals surface area contributed by atoms with Crippen molar-refractivity contribution < 1.29 is 4.79 Å². The molecule has 0 rings (SSSR count). The summed E-state index contributed by atoms with van der Waals surface area (Å²) in [7, 11) is 0. The molecule has 0 fully saturated rings. The van der Waals surface area contributed by atoms with Crippen LogP contribution in [0.2, 0.25) is 0 Å². The quantitative estimate of drug-likeness (QED) is 0.278. The van der Waals surface area contributed by atoms with Gasteiger partial charge >= 0.3 is 0 Å². The van der Waals surface area contributed by atoms with Gasteiger partial charge in [0.25, 0.3) is 0 Å². The van der Waals surface area contributed by atoms with E-state index in [9.17, 15) is 4.79 Å². The van der Waals surface area contributed by atoms with E-state index in [0.717, 1.165) is 12.7 Å². The first-order valence-electron chi connectivity index (χ1n) is 8.24. The highest BCUT2D eigenvalue weighted by Gasteiger charge is 2.00. The number of rotatable bonds is 14. The molecule has 18 heavy (non-hydrogen) atoms. The summed E-state index contributed by atoms with van der Waals surface area (Å²) in [5.41, 5.74) is 0. The van der Waals surface area contributed by atoms with E-state index in [-0.39, 0.29) is 0 Å². The van der Waals surface area contributed by atoms with Crippen LogP contribution in [0.15, 0.2) is 0 Å². The molecule has 0 aromatic rings. The van der Waals surface area contributed by atoms with Crippen LogP contribution < -0.4 is 0 Å². The number of hydrogen-bond acceptors (Lipinski definition) is 1. The minimum absolute atomic E-state index is 0.598. The highest BCUT2D eigenvalue weighted by atomic mass is 16.1. The van der Waals surface area contributed by atoms with E-state index in [1.807, 2.05) is 0 Å². The predicted octanol–water partition coefficient (Wildman–Crippen LogP) is 5.91. The van der Waals surface area contributed by atoms with Crippen molar-refractivity contribution in [2.24, 2.45) is 5.92 Å². The van der Waals surface area contributed by atoms with Gasteiger partial charge in [0.05, 0.1) is 0 Å². The molecular weight excluding hydrogens is 220 g/mol. The van der Waals surface area contributed by atoms with Crippen molar-refractivity contribution in [2.45, 2.75) is 97.3 Å². The third kappa shape index (κ3) is 13.7. The Balaban J connectivity index is 3.00. The molecule has 0 saturated heterocycles. The van der Waals surface area contributed by atoms with E-state index in [2.05, 4.69) is 13.8 Å². The van der Waals surface area contributed by atoms with E-state index < -0.39 is 0 Å². The third-order valence-corrected chi connectivity index (χ3v) is 3.80. The zero-order valence-electron chi connectivity index (χ0n) is 12.8. The minimum Gasteiger partial charge on any atom is -0.303 e. The molecule has 1 atom stereocenters. The summed E-state index contributed by atoms with van der Waals surface area (Å²) in [6.07, 6.45) is 18.5. The summed E-state index contributed by atoms with van der Waals surface area (Å²) < 4.78 is 0. The molecule has 0 N–H and O–H groups in total. The third-order valence-electron chi connectivity index (χ3n) is 3.80. The number of carbonyl (C=O) groups is 1. The lowest BCUT2D eigenvalue weighted by atomic mass is 9.99.